The van der Waals surface area contributed by atoms with Crippen LogP contribution in [0.3, 0.4) is 0 Å². The second kappa shape index (κ2) is 34.3. The molecule has 0 unspecified atom stereocenters. The topological polar surface area (TPSA) is 156 Å². The fourth-order valence-electron chi connectivity index (χ4n) is 8.04. The molecule has 10 aromatic rings. The lowest BCUT2D eigenvalue weighted by atomic mass is 10.0. The largest absolute Gasteiger partial charge is 0.508 e. The maximum atomic E-state index is 13.2. The standard InChI is InChI=1S/C12H16BrFO3.C10H11FO.C9H10FNO.C9H4FNO.2C8H4BrFO.C6H4BrFO.CH4/c1-3-15-12(16-4-2)8-17-9-5-6-11(14)10(13)7-9;1-2-7-8-5-6-12-10(8)4-3-9(7)11;2*10-8-1-2-9-6(3-4-12-9)7(8)5-11;9-6-4-8-5(1-2-11-8)3-7(6)10;9-8-5-3-4-11-7(5)2-1-6(8)10;7-5-3-4(9)1-2-6(5)8;/h5-7,12H,3-4,8H2,1-2H3;3-4H,2,5-6H2,1H3;1-2H,3-5,11H2;1-4H;2*1-4H;1-3,9H;1H4. The van der Waals surface area contributed by atoms with Crippen molar-refractivity contribution in [3.63, 3.8) is 0 Å². The minimum absolute atomic E-state index is 0. The number of phenols is 1. The highest BCUT2D eigenvalue weighted by Crippen LogP contribution is 2.32. The van der Waals surface area contributed by atoms with Crippen LogP contribution in [0.25, 0.3) is 32.9 Å². The van der Waals surface area contributed by atoms with Gasteiger partial charge in [0.2, 0.25) is 0 Å². The minimum atomic E-state index is -0.508. The van der Waals surface area contributed by atoms with E-state index in [0.29, 0.717) is 73.3 Å². The number of halogens is 11. The zero-order valence-corrected chi connectivity index (χ0v) is 51.4. The number of benzene rings is 7. The minimum Gasteiger partial charge on any atom is -0.508 e. The van der Waals surface area contributed by atoms with Crippen molar-refractivity contribution < 1.29 is 72.8 Å². The van der Waals surface area contributed by atoms with E-state index in [9.17, 15) is 30.7 Å². The molecule has 0 bridgehead atoms. The molecule has 0 fully saturated rings. The summed E-state index contributed by atoms with van der Waals surface area (Å²) in [6.07, 6.45) is 6.50. The maximum absolute atomic E-state index is 13.2. The third-order valence-corrected chi connectivity index (χ3v) is 14.7. The fourth-order valence-corrected chi connectivity index (χ4v) is 9.54. The van der Waals surface area contributed by atoms with E-state index in [4.69, 9.17) is 53.0 Å². The number of nitrogens with zero attached hydrogens (tertiary/aromatic N) is 1. The Hall–Kier alpha value is -6.84. The van der Waals surface area contributed by atoms with Gasteiger partial charge in [0.15, 0.2) is 6.29 Å². The van der Waals surface area contributed by atoms with Crippen LogP contribution >= 0.6 is 63.7 Å². The molecule has 12 rings (SSSR count). The number of fused-ring (bicyclic) bond motifs is 5. The molecule has 0 saturated heterocycles. The van der Waals surface area contributed by atoms with E-state index < -0.39 is 12.1 Å². The smallest absolute Gasteiger partial charge is 0.191 e. The highest BCUT2D eigenvalue weighted by molar-refractivity contribution is 9.11. The Balaban J connectivity index is 0.000000182. The summed E-state index contributed by atoms with van der Waals surface area (Å²) < 4.78 is 134. The molecule has 5 heterocycles. The van der Waals surface area contributed by atoms with Crippen LogP contribution in [-0.2, 0) is 35.3 Å². The van der Waals surface area contributed by atoms with Crippen molar-refractivity contribution in [3.8, 4) is 29.1 Å². The van der Waals surface area contributed by atoms with Crippen LogP contribution < -0.4 is 19.9 Å². The summed E-state index contributed by atoms with van der Waals surface area (Å²) in [7, 11) is 0. The van der Waals surface area contributed by atoms with Crippen LogP contribution in [0.4, 0.5) is 30.7 Å². The molecule has 11 nitrogen and oxygen atoms in total. The Kier molecular flexibility index (Phi) is 27.9. The number of phenolic OH excluding ortho intramolecular Hbond substituents is 1. The zero-order chi connectivity index (χ0) is 60.9. The molecule has 0 aliphatic carbocycles. The summed E-state index contributed by atoms with van der Waals surface area (Å²) in [5, 5.41) is 19.4. The maximum Gasteiger partial charge on any atom is 0.191 e. The fraction of sp³-hybridized carbons (Fsp3) is 0.222. The molecule has 7 aromatic carbocycles. The quantitative estimate of drug-likeness (QED) is 0.105. The number of aromatic hydroxyl groups is 1. The summed E-state index contributed by atoms with van der Waals surface area (Å²) in [5.74, 6) is 0.250. The molecule has 0 radical (unpaired) electrons. The number of hydrogen-bond donors (Lipinski definition) is 2. The van der Waals surface area contributed by atoms with Crippen molar-refractivity contribution in [3.05, 3.63) is 220 Å². The average molecular weight is 1440 g/mol. The van der Waals surface area contributed by atoms with E-state index >= 15 is 0 Å². The highest BCUT2D eigenvalue weighted by Gasteiger charge is 2.19. The normalized spacial score (nSPS) is 11.4. The van der Waals surface area contributed by atoms with Gasteiger partial charge in [0.05, 0.1) is 55.5 Å². The third kappa shape index (κ3) is 19.3. The second-order valence-corrected chi connectivity index (χ2v) is 20.7. The lowest BCUT2D eigenvalue weighted by Crippen LogP contribution is -2.25. The number of nitrogens with two attached hydrogens (primary N) is 1. The number of furan rings is 3. The monoisotopic (exact) mass is 1430 g/mol. The Labute approximate surface area is 519 Å². The molecule has 3 N–H and O–H groups in total. The van der Waals surface area contributed by atoms with Crippen LogP contribution in [0.1, 0.15) is 56.0 Å². The van der Waals surface area contributed by atoms with Crippen molar-refractivity contribution in [2.24, 2.45) is 5.73 Å². The van der Waals surface area contributed by atoms with Crippen molar-refractivity contribution in [2.45, 2.75) is 60.3 Å². The van der Waals surface area contributed by atoms with E-state index in [1.807, 2.05) is 20.8 Å². The van der Waals surface area contributed by atoms with Gasteiger partial charge in [-0.2, -0.15) is 5.26 Å². The summed E-state index contributed by atoms with van der Waals surface area (Å²) in [6.45, 7) is 8.73. The highest BCUT2D eigenvalue weighted by atomic mass is 79.9. The number of hydrogen-bond acceptors (Lipinski definition) is 11. The first-order chi connectivity index (χ1) is 40.4. The molecule has 0 spiro atoms. The summed E-state index contributed by atoms with van der Waals surface area (Å²) >= 11 is 12.2. The van der Waals surface area contributed by atoms with Gasteiger partial charge in [-0.05, 0) is 205 Å². The van der Waals surface area contributed by atoms with Gasteiger partial charge in [0.1, 0.15) is 93.1 Å². The predicted molar refractivity (Wildman–Crippen MR) is 326 cm³/mol. The van der Waals surface area contributed by atoms with Crippen LogP contribution in [0.5, 0.6) is 23.0 Å². The number of ether oxygens (including phenoxy) is 5. The Morgan fingerprint density at radius 3 is 1.64 bits per heavy atom. The van der Waals surface area contributed by atoms with E-state index in [1.165, 1.54) is 79.5 Å². The van der Waals surface area contributed by atoms with Crippen LogP contribution in [0.2, 0.25) is 0 Å². The van der Waals surface area contributed by atoms with Crippen LogP contribution in [-0.4, -0.2) is 44.4 Å². The Morgan fingerprint density at radius 2 is 1.07 bits per heavy atom. The van der Waals surface area contributed by atoms with Gasteiger partial charge in [-0.15, -0.1) is 0 Å². The molecule has 85 heavy (non-hydrogen) atoms. The Bertz CT molecular complexity index is 3710. The lowest BCUT2D eigenvalue weighted by molar-refractivity contribution is -0.152. The molecule has 0 atom stereocenters. The molecular formula is C63H57Br4F7N2O9. The van der Waals surface area contributed by atoms with E-state index in [0.717, 1.165) is 58.2 Å². The molecule has 2 aliphatic heterocycles. The number of rotatable bonds is 9. The third-order valence-electron chi connectivity index (χ3n) is 12.0. The molecule has 0 amide bonds. The first-order valence-corrected chi connectivity index (χ1v) is 28.8. The van der Waals surface area contributed by atoms with Gasteiger partial charge in [-0.1, -0.05) is 14.4 Å². The Morgan fingerprint density at radius 1 is 0.565 bits per heavy atom. The van der Waals surface area contributed by atoms with Crippen molar-refractivity contribution >= 4 is 96.6 Å². The summed E-state index contributed by atoms with van der Waals surface area (Å²) in [4.78, 5) is 0. The summed E-state index contributed by atoms with van der Waals surface area (Å²) in [5.41, 5.74) is 10.8. The van der Waals surface area contributed by atoms with Crippen molar-refractivity contribution in [1.29, 1.82) is 5.26 Å². The SMILES string of the molecule is C.CCOC(COc1ccc(F)c(Br)c1)OCC.CCc1c(F)ccc2c1CCO2.Fc1cc2ccoc2cc1Br.Fc1ccc2occc2c1Br.N#Cc1c(F)ccc2occc12.NCc1c(F)ccc2c1CCO2.Oc1ccc(F)c(Br)c1. The van der Waals surface area contributed by atoms with E-state index in [2.05, 4.69) is 63.7 Å². The van der Waals surface area contributed by atoms with Crippen molar-refractivity contribution in [2.75, 3.05) is 33.0 Å². The molecule has 3 aromatic heterocycles. The van der Waals surface area contributed by atoms with Gasteiger partial charge < -0.3 is 47.8 Å². The van der Waals surface area contributed by atoms with E-state index in [1.54, 1.807) is 60.7 Å². The average Bonchev–Trinajstić information content (AvgIpc) is 4.16. The first kappa shape index (κ1) is 68.9. The van der Waals surface area contributed by atoms with Gasteiger partial charge in [-0.3, -0.25) is 0 Å². The molecule has 0 saturated carbocycles. The summed E-state index contributed by atoms with van der Waals surface area (Å²) in [6, 6.07) is 30.1. The van der Waals surface area contributed by atoms with E-state index in [-0.39, 0.29) is 71.3 Å². The zero-order valence-electron chi connectivity index (χ0n) is 45.0. The molecule has 2 aliphatic rings. The second-order valence-electron chi connectivity index (χ2n) is 17.4. The van der Waals surface area contributed by atoms with Gasteiger partial charge in [0, 0.05) is 65.4 Å². The molecular weight excluding hydrogens is 1380 g/mol. The predicted octanol–water partition coefficient (Wildman–Crippen LogP) is 19.0. The molecule has 22 heteroatoms. The van der Waals surface area contributed by atoms with Gasteiger partial charge >= 0.3 is 0 Å². The van der Waals surface area contributed by atoms with Gasteiger partial charge in [-0.25, -0.2) is 30.7 Å². The van der Waals surface area contributed by atoms with Crippen LogP contribution in [0, 0.1) is 52.1 Å². The van der Waals surface area contributed by atoms with Gasteiger partial charge in [0.25, 0.3) is 0 Å². The number of nitriles is 1. The van der Waals surface area contributed by atoms with Crippen LogP contribution in [0.15, 0.2) is 165 Å². The van der Waals surface area contributed by atoms with Crippen molar-refractivity contribution in [1.82, 2.24) is 0 Å². The first-order valence-electron chi connectivity index (χ1n) is 25.6. The lowest BCUT2D eigenvalue weighted by Gasteiger charge is -2.17. The molecule has 450 valence electrons.